The third-order valence-corrected chi connectivity index (χ3v) is 3.18. The van der Waals surface area contributed by atoms with Gasteiger partial charge in [0.1, 0.15) is 18.4 Å². The largest absolute Gasteiger partial charge is 0.480 e. The summed E-state index contributed by atoms with van der Waals surface area (Å²) in [6.45, 7) is 5.49. The quantitative estimate of drug-likeness (QED) is 0.937. The molecule has 5 nitrogen and oxygen atoms in total. The first kappa shape index (κ1) is 14.8. The van der Waals surface area contributed by atoms with Crippen molar-refractivity contribution in [2.45, 2.75) is 26.3 Å². The summed E-state index contributed by atoms with van der Waals surface area (Å²) in [4.78, 5) is 17.3. The van der Waals surface area contributed by atoms with Crippen LogP contribution in [-0.4, -0.2) is 28.1 Å². The van der Waals surface area contributed by atoms with E-state index in [9.17, 15) is 10.1 Å². The van der Waals surface area contributed by atoms with E-state index in [1.807, 2.05) is 45.0 Å². The van der Waals surface area contributed by atoms with Crippen molar-refractivity contribution < 1.29 is 9.90 Å². The highest BCUT2D eigenvalue weighted by atomic mass is 16.4. The van der Waals surface area contributed by atoms with E-state index >= 15 is 0 Å². The van der Waals surface area contributed by atoms with E-state index in [1.54, 1.807) is 11.0 Å². The van der Waals surface area contributed by atoms with Crippen LogP contribution in [0.15, 0.2) is 30.3 Å². The van der Waals surface area contributed by atoms with Crippen LogP contribution in [0.2, 0.25) is 0 Å². The molecule has 1 aromatic carbocycles. The Hall–Kier alpha value is -2.61. The summed E-state index contributed by atoms with van der Waals surface area (Å²) < 4.78 is 0. The maximum atomic E-state index is 11.1. The number of carboxylic acids is 1. The lowest BCUT2D eigenvalue weighted by Gasteiger charge is -2.36. The topological polar surface area (TPSA) is 77.2 Å². The summed E-state index contributed by atoms with van der Waals surface area (Å²) in [6.07, 6.45) is 0. The number of carboxylic acid groups (broad SMARTS) is 1. The van der Waals surface area contributed by atoms with Crippen LogP contribution >= 0.6 is 0 Å². The van der Waals surface area contributed by atoms with Gasteiger partial charge in [-0.3, -0.25) is 4.79 Å². The van der Waals surface area contributed by atoms with Gasteiger partial charge in [-0.05, 0) is 32.9 Å². The zero-order valence-electron chi connectivity index (χ0n) is 12.3. The van der Waals surface area contributed by atoms with Crippen LogP contribution in [0.5, 0.6) is 0 Å². The molecule has 2 rings (SSSR count). The van der Waals surface area contributed by atoms with Crippen molar-refractivity contribution in [3.8, 4) is 6.07 Å². The first-order valence-electron chi connectivity index (χ1n) is 6.62. The molecule has 0 saturated carbocycles. The highest BCUT2D eigenvalue weighted by Gasteiger charge is 2.27. The smallest absolute Gasteiger partial charge is 0.323 e. The molecule has 0 spiro atoms. The van der Waals surface area contributed by atoms with Crippen LogP contribution in [0.4, 0.5) is 5.82 Å². The Kier molecular flexibility index (Phi) is 3.81. The van der Waals surface area contributed by atoms with Crippen LogP contribution in [0.25, 0.3) is 10.9 Å². The number of aromatic nitrogens is 1. The van der Waals surface area contributed by atoms with E-state index in [-0.39, 0.29) is 6.54 Å². The summed E-state index contributed by atoms with van der Waals surface area (Å²) >= 11 is 0. The highest BCUT2D eigenvalue weighted by molar-refractivity contribution is 5.84. The molecule has 0 radical (unpaired) electrons. The lowest BCUT2D eigenvalue weighted by Crippen LogP contribution is -2.45. The second-order valence-corrected chi connectivity index (χ2v) is 5.81. The molecule has 1 heterocycles. The first-order chi connectivity index (χ1) is 9.82. The molecule has 21 heavy (non-hydrogen) atoms. The Balaban J connectivity index is 2.66. The lowest BCUT2D eigenvalue weighted by molar-refractivity contribution is -0.135. The van der Waals surface area contributed by atoms with E-state index in [0.717, 1.165) is 10.9 Å². The van der Waals surface area contributed by atoms with E-state index in [0.29, 0.717) is 11.4 Å². The molecule has 0 bridgehead atoms. The monoisotopic (exact) mass is 283 g/mol. The molecule has 1 aromatic heterocycles. The van der Waals surface area contributed by atoms with Gasteiger partial charge >= 0.3 is 5.97 Å². The molecule has 0 unspecified atom stereocenters. The summed E-state index contributed by atoms with van der Waals surface area (Å²) in [5.74, 6) is -0.546. The summed E-state index contributed by atoms with van der Waals surface area (Å²) in [5.41, 5.74) is 0.662. The Morgan fingerprint density at radius 2 is 2.05 bits per heavy atom. The third-order valence-electron chi connectivity index (χ3n) is 3.18. The van der Waals surface area contributed by atoms with Crippen molar-refractivity contribution in [1.82, 2.24) is 4.98 Å². The van der Waals surface area contributed by atoms with Gasteiger partial charge in [0.25, 0.3) is 0 Å². The number of nitriles is 1. The molecule has 0 atom stereocenters. The van der Waals surface area contributed by atoms with E-state index in [2.05, 4.69) is 11.1 Å². The molecule has 0 amide bonds. The molecule has 108 valence electrons. The van der Waals surface area contributed by atoms with Crippen LogP contribution in [0.3, 0.4) is 0 Å². The van der Waals surface area contributed by atoms with E-state index in [4.69, 9.17) is 5.11 Å². The Morgan fingerprint density at radius 3 is 2.62 bits per heavy atom. The molecular formula is C16H17N3O2. The number of hydrogen-bond donors (Lipinski definition) is 1. The molecule has 0 fully saturated rings. The minimum atomic E-state index is -0.955. The third kappa shape index (κ3) is 3.11. The van der Waals surface area contributed by atoms with Gasteiger partial charge in [0.05, 0.1) is 11.1 Å². The first-order valence-corrected chi connectivity index (χ1v) is 6.62. The lowest BCUT2D eigenvalue weighted by atomic mass is 10.0. The number of fused-ring (bicyclic) bond motifs is 1. The molecule has 0 aliphatic heterocycles. The second kappa shape index (κ2) is 5.41. The number of nitrogens with zero attached hydrogens (tertiary/aromatic N) is 3. The van der Waals surface area contributed by atoms with Crippen molar-refractivity contribution in [2.75, 3.05) is 11.4 Å². The fraction of sp³-hybridized carbons (Fsp3) is 0.312. The minimum Gasteiger partial charge on any atom is -0.480 e. The van der Waals surface area contributed by atoms with Crippen molar-refractivity contribution in [1.29, 1.82) is 5.26 Å². The highest BCUT2D eigenvalue weighted by Crippen LogP contribution is 2.28. The number of anilines is 1. The van der Waals surface area contributed by atoms with Crippen molar-refractivity contribution in [3.63, 3.8) is 0 Å². The number of pyridine rings is 1. The average Bonchev–Trinajstić information content (AvgIpc) is 2.42. The number of carbonyl (C=O) groups is 1. The zero-order valence-corrected chi connectivity index (χ0v) is 12.3. The van der Waals surface area contributed by atoms with Crippen molar-refractivity contribution in [2.24, 2.45) is 0 Å². The van der Waals surface area contributed by atoms with Crippen LogP contribution in [0, 0.1) is 11.3 Å². The fourth-order valence-corrected chi connectivity index (χ4v) is 2.16. The number of hydrogen-bond acceptors (Lipinski definition) is 4. The van der Waals surface area contributed by atoms with Crippen molar-refractivity contribution >= 4 is 22.7 Å². The number of rotatable bonds is 3. The van der Waals surface area contributed by atoms with Gasteiger partial charge in [0.2, 0.25) is 0 Å². The zero-order chi connectivity index (χ0) is 15.6. The predicted octanol–water partition coefficient (Wildman–Crippen LogP) is 2.80. The van der Waals surface area contributed by atoms with Gasteiger partial charge in [-0.1, -0.05) is 18.2 Å². The van der Waals surface area contributed by atoms with Crippen LogP contribution in [-0.2, 0) is 4.79 Å². The molecule has 2 aromatic rings. The number of para-hydroxylation sites is 1. The molecule has 0 saturated heterocycles. The Morgan fingerprint density at radius 1 is 1.38 bits per heavy atom. The maximum absolute atomic E-state index is 11.1. The summed E-state index contributed by atoms with van der Waals surface area (Å²) in [5, 5.41) is 19.4. The van der Waals surface area contributed by atoms with E-state index < -0.39 is 11.5 Å². The van der Waals surface area contributed by atoms with E-state index in [1.165, 1.54) is 0 Å². The van der Waals surface area contributed by atoms with Gasteiger partial charge in [-0.2, -0.15) is 5.26 Å². The van der Waals surface area contributed by atoms with Gasteiger partial charge in [0, 0.05) is 10.9 Å². The number of benzene rings is 1. The SMILES string of the molecule is CC(C)(C)N(CC(=O)O)c1nc2ccccc2cc1C#N. The average molecular weight is 283 g/mol. The molecule has 0 aliphatic rings. The molecular weight excluding hydrogens is 266 g/mol. The van der Waals surface area contributed by atoms with Gasteiger partial charge in [-0.25, -0.2) is 4.98 Å². The minimum absolute atomic E-state index is 0.205. The maximum Gasteiger partial charge on any atom is 0.323 e. The van der Waals surface area contributed by atoms with Gasteiger partial charge in [0.15, 0.2) is 0 Å². The standard InChI is InChI=1S/C16H17N3O2/c1-16(2,3)19(10-14(20)21)15-12(9-17)8-11-6-4-5-7-13(11)18-15/h4-8H,10H2,1-3H3,(H,20,21). The predicted molar refractivity (Wildman–Crippen MR) is 81.2 cm³/mol. The Bertz CT molecular complexity index is 726. The van der Waals surface area contributed by atoms with Crippen molar-refractivity contribution in [3.05, 3.63) is 35.9 Å². The molecule has 1 N–H and O–H groups in total. The van der Waals surface area contributed by atoms with Gasteiger partial charge in [-0.15, -0.1) is 0 Å². The molecule has 0 aliphatic carbocycles. The molecule has 5 heteroatoms. The van der Waals surface area contributed by atoms with Gasteiger partial charge < -0.3 is 10.0 Å². The second-order valence-electron chi connectivity index (χ2n) is 5.81. The van der Waals surface area contributed by atoms with Crippen LogP contribution in [0.1, 0.15) is 26.3 Å². The summed E-state index contributed by atoms with van der Waals surface area (Å²) in [6, 6.07) is 11.3. The number of aliphatic carboxylic acids is 1. The summed E-state index contributed by atoms with van der Waals surface area (Å²) in [7, 11) is 0. The Labute approximate surface area is 123 Å². The van der Waals surface area contributed by atoms with Crippen LogP contribution < -0.4 is 4.90 Å². The normalized spacial score (nSPS) is 11.1. The fourth-order valence-electron chi connectivity index (χ4n) is 2.16.